The molecule has 1 heterocycles. The molecule has 0 spiro atoms. The van der Waals surface area contributed by atoms with E-state index in [2.05, 4.69) is 14.9 Å². The van der Waals surface area contributed by atoms with Gasteiger partial charge in [0.05, 0.1) is 6.54 Å². The van der Waals surface area contributed by atoms with Crippen molar-refractivity contribution in [3.05, 3.63) is 12.2 Å². The number of nitrogens with one attached hydrogen (secondary N) is 1. The molecule has 9 heteroatoms. The van der Waals surface area contributed by atoms with Crippen molar-refractivity contribution in [2.24, 2.45) is 5.73 Å². The molecule has 18 heavy (non-hydrogen) atoms. The number of aryl methyl sites for hydroxylation is 1. The maximum Gasteiger partial charge on any atom is 0.279 e. The van der Waals surface area contributed by atoms with E-state index < -0.39 is 10.2 Å². The SMILES string of the molecule is CCn1cnnc1CNS(=O)(=O)N(C)CCCN. The fourth-order valence-corrected chi connectivity index (χ4v) is 2.28. The van der Waals surface area contributed by atoms with Crippen LogP contribution < -0.4 is 10.5 Å². The van der Waals surface area contributed by atoms with E-state index in [1.54, 1.807) is 10.9 Å². The Morgan fingerprint density at radius 3 is 2.89 bits per heavy atom. The van der Waals surface area contributed by atoms with Gasteiger partial charge in [-0.3, -0.25) is 0 Å². The van der Waals surface area contributed by atoms with E-state index in [0.717, 1.165) is 0 Å². The van der Waals surface area contributed by atoms with Crippen molar-refractivity contribution < 1.29 is 8.42 Å². The molecule has 8 nitrogen and oxygen atoms in total. The van der Waals surface area contributed by atoms with Gasteiger partial charge in [-0.2, -0.15) is 17.4 Å². The van der Waals surface area contributed by atoms with Gasteiger partial charge >= 0.3 is 0 Å². The van der Waals surface area contributed by atoms with E-state index in [-0.39, 0.29) is 6.54 Å². The number of hydrogen-bond donors (Lipinski definition) is 2. The van der Waals surface area contributed by atoms with Crippen LogP contribution in [0.15, 0.2) is 6.33 Å². The van der Waals surface area contributed by atoms with E-state index >= 15 is 0 Å². The van der Waals surface area contributed by atoms with Crippen LogP contribution in [0.5, 0.6) is 0 Å². The first-order chi connectivity index (χ1) is 8.51. The van der Waals surface area contributed by atoms with Crippen LogP contribution in [0.25, 0.3) is 0 Å². The van der Waals surface area contributed by atoms with Gasteiger partial charge in [-0.1, -0.05) is 0 Å². The Balaban J connectivity index is 2.56. The van der Waals surface area contributed by atoms with Crippen LogP contribution in [0.3, 0.4) is 0 Å². The molecule has 1 rings (SSSR count). The molecule has 0 aromatic carbocycles. The summed E-state index contributed by atoms with van der Waals surface area (Å²) in [6.07, 6.45) is 2.20. The highest BCUT2D eigenvalue weighted by Crippen LogP contribution is 1.99. The van der Waals surface area contributed by atoms with Gasteiger partial charge in [0.25, 0.3) is 10.2 Å². The van der Waals surface area contributed by atoms with Gasteiger partial charge in [0.1, 0.15) is 12.2 Å². The highest BCUT2D eigenvalue weighted by molar-refractivity contribution is 7.87. The zero-order chi connectivity index (χ0) is 13.6. The number of nitrogens with two attached hydrogens (primary N) is 1. The number of nitrogens with zero attached hydrogens (tertiary/aromatic N) is 4. The summed E-state index contributed by atoms with van der Waals surface area (Å²) in [7, 11) is -1.97. The third-order valence-electron chi connectivity index (χ3n) is 2.54. The Morgan fingerprint density at radius 1 is 1.56 bits per heavy atom. The first-order valence-electron chi connectivity index (χ1n) is 5.79. The van der Waals surface area contributed by atoms with Crippen molar-refractivity contribution in [1.29, 1.82) is 0 Å². The molecule has 0 atom stereocenters. The smallest absolute Gasteiger partial charge is 0.279 e. The number of hydrogen-bond acceptors (Lipinski definition) is 5. The lowest BCUT2D eigenvalue weighted by Crippen LogP contribution is -2.39. The first-order valence-corrected chi connectivity index (χ1v) is 7.23. The van der Waals surface area contributed by atoms with Gasteiger partial charge < -0.3 is 10.3 Å². The number of rotatable bonds is 8. The van der Waals surface area contributed by atoms with Gasteiger partial charge in [0, 0.05) is 20.1 Å². The summed E-state index contributed by atoms with van der Waals surface area (Å²) in [6, 6.07) is 0. The van der Waals surface area contributed by atoms with E-state index in [9.17, 15) is 8.42 Å². The normalized spacial score (nSPS) is 12.2. The van der Waals surface area contributed by atoms with E-state index in [1.807, 2.05) is 6.92 Å². The second-order valence-electron chi connectivity index (χ2n) is 3.82. The monoisotopic (exact) mass is 276 g/mol. The molecule has 0 saturated heterocycles. The molecule has 0 unspecified atom stereocenters. The molecule has 0 amide bonds. The maximum absolute atomic E-state index is 11.8. The average molecular weight is 276 g/mol. The van der Waals surface area contributed by atoms with Crippen LogP contribution in [0.4, 0.5) is 0 Å². The summed E-state index contributed by atoms with van der Waals surface area (Å²) in [4.78, 5) is 0. The Labute approximate surface area is 107 Å². The van der Waals surface area contributed by atoms with Crippen molar-refractivity contribution in [1.82, 2.24) is 23.8 Å². The minimum atomic E-state index is -3.49. The summed E-state index contributed by atoms with van der Waals surface area (Å²) in [5, 5.41) is 7.60. The van der Waals surface area contributed by atoms with Gasteiger partial charge in [-0.15, -0.1) is 10.2 Å². The Hall–Kier alpha value is -1.03. The molecule has 0 aliphatic rings. The fraction of sp³-hybridized carbons (Fsp3) is 0.778. The Kier molecular flexibility index (Phi) is 5.66. The molecule has 0 fully saturated rings. The highest BCUT2D eigenvalue weighted by atomic mass is 32.2. The number of aromatic nitrogens is 3. The summed E-state index contributed by atoms with van der Waals surface area (Å²) in [5.74, 6) is 0.591. The molecule has 0 aliphatic heterocycles. The molecule has 3 N–H and O–H groups in total. The van der Waals surface area contributed by atoms with E-state index in [0.29, 0.717) is 31.9 Å². The predicted octanol–water partition coefficient (Wildman–Crippen LogP) is -1.09. The average Bonchev–Trinajstić information content (AvgIpc) is 2.80. The minimum Gasteiger partial charge on any atom is -0.330 e. The zero-order valence-electron chi connectivity index (χ0n) is 10.7. The van der Waals surface area contributed by atoms with Gasteiger partial charge in [-0.05, 0) is 19.9 Å². The zero-order valence-corrected chi connectivity index (χ0v) is 11.5. The van der Waals surface area contributed by atoms with Gasteiger partial charge in [-0.25, -0.2) is 0 Å². The van der Waals surface area contributed by atoms with Crippen molar-refractivity contribution in [3.8, 4) is 0 Å². The molecule has 0 radical (unpaired) electrons. The van der Waals surface area contributed by atoms with E-state index in [1.165, 1.54) is 11.4 Å². The fourth-order valence-electron chi connectivity index (χ4n) is 1.38. The summed E-state index contributed by atoms with van der Waals surface area (Å²) < 4.78 is 29.2. The van der Waals surface area contributed by atoms with Crippen LogP contribution >= 0.6 is 0 Å². The molecular weight excluding hydrogens is 256 g/mol. The predicted molar refractivity (Wildman–Crippen MR) is 67.8 cm³/mol. The van der Waals surface area contributed by atoms with Crippen LogP contribution in [-0.4, -0.2) is 47.6 Å². The van der Waals surface area contributed by atoms with E-state index in [4.69, 9.17) is 5.73 Å². The quantitative estimate of drug-likeness (QED) is 0.628. The van der Waals surface area contributed by atoms with Crippen molar-refractivity contribution in [2.45, 2.75) is 26.4 Å². The lowest BCUT2D eigenvalue weighted by atomic mass is 10.4. The lowest BCUT2D eigenvalue weighted by Gasteiger charge is -2.17. The largest absolute Gasteiger partial charge is 0.330 e. The second-order valence-corrected chi connectivity index (χ2v) is 5.69. The van der Waals surface area contributed by atoms with Gasteiger partial charge in [0.2, 0.25) is 0 Å². The van der Waals surface area contributed by atoms with Crippen LogP contribution in [0, 0.1) is 0 Å². The first kappa shape index (κ1) is 15.0. The summed E-state index contributed by atoms with van der Waals surface area (Å²) in [6.45, 7) is 3.63. The van der Waals surface area contributed by atoms with Crippen LogP contribution in [0.1, 0.15) is 19.2 Å². The molecule has 1 aromatic heterocycles. The molecule has 1 aromatic rings. The third kappa shape index (κ3) is 4.02. The minimum absolute atomic E-state index is 0.128. The molecular formula is C9H20N6O2S. The van der Waals surface area contributed by atoms with Gasteiger partial charge in [0.15, 0.2) is 0 Å². The molecule has 0 saturated carbocycles. The standard InChI is InChI=1S/C9H20N6O2S/c1-3-15-8-11-13-9(15)7-12-18(16,17)14(2)6-4-5-10/h8,12H,3-7,10H2,1-2H3. The maximum atomic E-state index is 11.8. The van der Waals surface area contributed by atoms with Crippen molar-refractivity contribution in [3.63, 3.8) is 0 Å². The Morgan fingerprint density at radius 2 is 2.28 bits per heavy atom. The lowest BCUT2D eigenvalue weighted by molar-refractivity contribution is 0.451. The topological polar surface area (TPSA) is 106 Å². The molecule has 104 valence electrons. The summed E-state index contributed by atoms with van der Waals surface area (Å²) in [5.41, 5.74) is 5.35. The molecule has 0 aliphatic carbocycles. The summed E-state index contributed by atoms with van der Waals surface area (Å²) >= 11 is 0. The third-order valence-corrected chi connectivity index (χ3v) is 4.05. The van der Waals surface area contributed by atoms with Crippen molar-refractivity contribution >= 4 is 10.2 Å². The van der Waals surface area contributed by atoms with Crippen molar-refractivity contribution in [2.75, 3.05) is 20.1 Å². The van der Waals surface area contributed by atoms with Crippen LogP contribution in [0.2, 0.25) is 0 Å². The molecule has 0 bridgehead atoms. The highest BCUT2D eigenvalue weighted by Gasteiger charge is 2.17. The second kappa shape index (κ2) is 6.78. The van der Waals surface area contributed by atoms with Crippen LogP contribution in [-0.2, 0) is 23.3 Å². The Bertz CT molecular complexity index is 457.